The summed E-state index contributed by atoms with van der Waals surface area (Å²) in [6.45, 7) is 11.4. The molecule has 0 spiro atoms. The minimum Gasteiger partial charge on any atom is -0.472 e. The van der Waals surface area contributed by atoms with E-state index < -0.39 is 0 Å². The maximum absolute atomic E-state index is 10.5. The Hall–Kier alpha value is -1.28. The molecule has 22 heavy (non-hydrogen) atoms. The van der Waals surface area contributed by atoms with Crippen molar-refractivity contribution in [1.82, 2.24) is 0 Å². The fourth-order valence-electron chi connectivity index (χ4n) is 5.05. The lowest BCUT2D eigenvalue weighted by Crippen LogP contribution is -2.52. The standard InChI is InChI=1S/C20H28O2/c1-14-16(7-6-15-8-11-22-13-15)20(4)10-5-9-19(2,3)18(20)12-17(14)21/h6-8,11,13,16-18,21H,1,5,9-10,12H2,2-4H3/b7-6+/t16?,17-,18+,20-/m1/s1. The molecule has 4 atom stereocenters. The molecule has 1 unspecified atom stereocenters. The summed E-state index contributed by atoms with van der Waals surface area (Å²) < 4.78 is 5.14. The van der Waals surface area contributed by atoms with Crippen LogP contribution in [0.3, 0.4) is 0 Å². The number of hydrogen-bond donors (Lipinski definition) is 1. The number of hydrogen-bond acceptors (Lipinski definition) is 2. The Kier molecular flexibility index (Phi) is 3.84. The molecule has 2 fully saturated rings. The SMILES string of the molecule is C=C1C(/C=C/c2ccoc2)[C@@]2(C)CCCC(C)(C)[C@@H]2C[C@H]1O. The van der Waals surface area contributed by atoms with Gasteiger partial charge in [-0.3, -0.25) is 0 Å². The normalized spacial score (nSPS) is 38.2. The molecule has 1 aromatic heterocycles. The number of fused-ring (bicyclic) bond motifs is 1. The van der Waals surface area contributed by atoms with Crippen molar-refractivity contribution in [2.45, 2.75) is 52.6 Å². The molecule has 0 saturated heterocycles. The second-order valence-corrected chi connectivity index (χ2v) is 8.12. The van der Waals surface area contributed by atoms with Crippen LogP contribution in [-0.4, -0.2) is 11.2 Å². The summed E-state index contributed by atoms with van der Waals surface area (Å²) in [5, 5.41) is 10.5. The molecule has 2 saturated carbocycles. The van der Waals surface area contributed by atoms with Crippen LogP contribution < -0.4 is 0 Å². The smallest absolute Gasteiger partial charge is 0.0974 e. The third-order valence-corrected chi connectivity index (χ3v) is 6.30. The monoisotopic (exact) mass is 300 g/mol. The molecule has 0 amide bonds. The van der Waals surface area contributed by atoms with E-state index in [1.54, 1.807) is 12.5 Å². The summed E-state index contributed by atoms with van der Waals surface area (Å²) in [5.41, 5.74) is 2.54. The second kappa shape index (κ2) is 5.42. The van der Waals surface area contributed by atoms with E-state index >= 15 is 0 Å². The van der Waals surface area contributed by atoms with Crippen molar-refractivity contribution in [2.75, 3.05) is 0 Å². The highest BCUT2D eigenvalue weighted by atomic mass is 16.3. The van der Waals surface area contributed by atoms with Gasteiger partial charge in [0, 0.05) is 11.5 Å². The predicted octanol–water partition coefficient (Wildman–Crippen LogP) is 5.06. The van der Waals surface area contributed by atoms with Gasteiger partial charge in [-0.15, -0.1) is 0 Å². The van der Waals surface area contributed by atoms with Gasteiger partial charge in [-0.25, -0.2) is 0 Å². The average Bonchev–Trinajstić information content (AvgIpc) is 2.94. The number of aliphatic hydroxyl groups excluding tert-OH is 1. The van der Waals surface area contributed by atoms with E-state index in [9.17, 15) is 5.11 Å². The fourth-order valence-corrected chi connectivity index (χ4v) is 5.05. The van der Waals surface area contributed by atoms with Crippen LogP contribution in [0.1, 0.15) is 52.0 Å². The first-order valence-electron chi connectivity index (χ1n) is 8.42. The van der Waals surface area contributed by atoms with E-state index in [0.717, 1.165) is 17.6 Å². The van der Waals surface area contributed by atoms with Crippen LogP contribution in [0.25, 0.3) is 6.08 Å². The second-order valence-electron chi connectivity index (χ2n) is 8.12. The first-order chi connectivity index (χ1) is 10.3. The van der Waals surface area contributed by atoms with Crippen molar-refractivity contribution >= 4 is 6.08 Å². The summed E-state index contributed by atoms with van der Waals surface area (Å²) in [7, 11) is 0. The molecule has 0 bridgehead atoms. The fraction of sp³-hybridized carbons (Fsp3) is 0.600. The Morgan fingerprint density at radius 3 is 2.77 bits per heavy atom. The Morgan fingerprint density at radius 2 is 2.09 bits per heavy atom. The average molecular weight is 300 g/mol. The van der Waals surface area contributed by atoms with Gasteiger partial charge < -0.3 is 9.52 Å². The third kappa shape index (κ3) is 2.48. The number of rotatable bonds is 2. The van der Waals surface area contributed by atoms with Crippen LogP contribution in [0.5, 0.6) is 0 Å². The number of allylic oxidation sites excluding steroid dienone is 1. The molecule has 0 radical (unpaired) electrons. The summed E-state index contributed by atoms with van der Waals surface area (Å²) in [6, 6.07) is 1.96. The third-order valence-electron chi connectivity index (χ3n) is 6.30. The summed E-state index contributed by atoms with van der Waals surface area (Å²) in [5.74, 6) is 0.768. The Bertz CT molecular complexity index is 567. The number of aliphatic hydroxyl groups is 1. The summed E-state index contributed by atoms with van der Waals surface area (Å²) in [6.07, 6.45) is 12.0. The van der Waals surface area contributed by atoms with Crippen LogP contribution in [0, 0.1) is 22.7 Å². The molecule has 3 rings (SSSR count). The zero-order valence-electron chi connectivity index (χ0n) is 14.0. The van der Waals surface area contributed by atoms with Gasteiger partial charge in [-0.2, -0.15) is 0 Å². The molecule has 2 aliphatic rings. The Morgan fingerprint density at radius 1 is 1.32 bits per heavy atom. The van der Waals surface area contributed by atoms with E-state index in [2.05, 4.69) is 39.5 Å². The summed E-state index contributed by atoms with van der Waals surface area (Å²) in [4.78, 5) is 0. The molecule has 1 aromatic rings. The van der Waals surface area contributed by atoms with Crippen LogP contribution in [0.2, 0.25) is 0 Å². The highest BCUT2D eigenvalue weighted by Gasteiger charge is 2.54. The molecule has 1 N–H and O–H groups in total. The van der Waals surface area contributed by atoms with Crippen LogP contribution in [0.15, 0.2) is 41.2 Å². The van der Waals surface area contributed by atoms with Crippen molar-refractivity contribution in [3.63, 3.8) is 0 Å². The first-order valence-corrected chi connectivity index (χ1v) is 8.42. The first kappa shape index (κ1) is 15.6. The van der Waals surface area contributed by atoms with Gasteiger partial charge in [0.15, 0.2) is 0 Å². The van der Waals surface area contributed by atoms with Gasteiger partial charge in [-0.1, -0.05) is 45.9 Å². The molecule has 1 heterocycles. The molecule has 0 aliphatic heterocycles. The molecule has 2 heteroatoms. The molecule has 0 aromatic carbocycles. The molecule has 2 aliphatic carbocycles. The Balaban J connectivity index is 1.96. The quantitative estimate of drug-likeness (QED) is 0.774. The topological polar surface area (TPSA) is 33.4 Å². The molecule has 120 valence electrons. The number of furan rings is 1. The van der Waals surface area contributed by atoms with Crippen molar-refractivity contribution < 1.29 is 9.52 Å². The Labute approximate surface area is 133 Å². The zero-order chi connectivity index (χ0) is 16.0. The van der Waals surface area contributed by atoms with E-state index in [1.165, 1.54) is 19.3 Å². The minimum atomic E-state index is -0.380. The lowest BCUT2D eigenvalue weighted by atomic mass is 9.47. The van der Waals surface area contributed by atoms with E-state index in [0.29, 0.717) is 5.92 Å². The van der Waals surface area contributed by atoms with Gasteiger partial charge in [-0.05, 0) is 47.6 Å². The van der Waals surface area contributed by atoms with Crippen molar-refractivity contribution in [3.8, 4) is 0 Å². The van der Waals surface area contributed by atoms with Crippen molar-refractivity contribution in [2.24, 2.45) is 22.7 Å². The minimum absolute atomic E-state index is 0.193. The van der Waals surface area contributed by atoms with Gasteiger partial charge in [0.05, 0.1) is 18.6 Å². The van der Waals surface area contributed by atoms with E-state index in [-0.39, 0.29) is 22.9 Å². The maximum atomic E-state index is 10.5. The van der Waals surface area contributed by atoms with E-state index in [4.69, 9.17) is 4.42 Å². The lowest BCUT2D eigenvalue weighted by molar-refractivity contribution is -0.0697. The summed E-state index contributed by atoms with van der Waals surface area (Å²) >= 11 is 0. The van der Waals surface area contributed by atoms with Crippen molar-refractivity contribution in [3.05, 3.63) is 42.4 Å². The highest BCUT2D eigenvalue weighted by molar-refractivity contribution is 5.49. The lowest BCUT2D eigenvalue weighted by Gasteiger charge is -2.58. The molecular weight excluding hydrogens is 272 g/mol. The van der Waals surface area contributed by atoms with Crippen molar-refractivity contribution in [1.29, 1.82) is 0 Å². The van der Waals surface area contributed by atoms with Gasteiger partial charge in [0.2, 0.25) is 0 Å². The van der Waals surface area contributed by atoms with E-state index in [1.807, 2.05) is 6.07 Å². The maximum Gasteiger partial charge on any atom is 0.0974 e. The van der Waals surface area contributed by atoms with Crippen LogP contribution >= 0.6 is 0 Å². The molecule has 2 nitrogen and oxygen atoms in total. The highest BCUT2D eigenvalue weighted by Crippen LogP contribution is 2.61. The zero-order valence-corrected chi connectivity index (χ0v) is 14.0. The van der Waals surface area contributed by atoms with Gasteiger partial charge >= 0.3 is 0 Å². The van der Waals surface area contributed by atoms with Crippen LogP contribution in [0.4, 0.5) is 0 Å². The largest absolute Gasteiger partial charge is 0.472 e. The molecular formula is C20H28O2. The van der Waals surface area contributed by atoms with Gasteiger partial charge in [0.1, 0.15) is 0 Å². The van der Waals surface area contributed by atoms with Crippen LogP contribution in [-0.2, 0) is 0 Å². The predicted molar refractivity (Wildman–Crippen MR) is 90.2 cm³/mol. The van der Waals surface area contributed by atoms with Gasteiger partial charge in [0.25, 0.3) is 0 Å².